The minimum absolute atomic E-state index is 0.0818. The van der Waals surface area contributed by atoms with Crippen LogP contribution in [0.5, 0.6) is 0 Å². The summed E-state index contributed by atoms with van der Waals surface area (Å²) < 4.78 is 1.23. The molecule has 21 heavy (non-hydrogen) atoms. The maximum Gasteiger partial charge on any atom is 0.186 e. The van der Waals surface area contributed by atoms with Crippen LogP contribution in [-0.4, -0.2) is 11.6 Å². The minimum atomic E-state index is -0.112. The van der Waals surface area contributed by atoms with Crippen LogP contribution in [0.15, 0.2) is 53.9 Å². The van der Waals surface area contributed by atoms with Gasteiger partial charge in [-0.15, -0.1) is 0 Å². The van der Waals surface area contributed by atoms with Crippen molar-refractivity contribution in [3.63, 3.8) is 0 Å². The van der Waals surface area contributed by atoms with Crippen LogP contribution < -0.4 is 0 Å². The Morgan fingerprint density at radius 1 is 0.810 bits per heavy atom. The summed E-state index contributed by atoms with van der Waals surface area (Å²) in [5.41, 5.74) is 1.48. The van der Waals surface area contributed by atoms with E-state index in [-0.39, 0.29) is 22.0 Å². The first-order chi connectivity index (χ1) is 10.1. The van der Waals surface area contributed by atoms with E-state index in [0.717, 1.165) is 16.5 Å². The highest BCUT2D eigenvalue weighted by Crippen LogP contribution is 2.39. The minimum Gasteiger partial charge on any atom is -0.295 e. The van der Waals surface area contributed by atoms with Crippen LogP contribution in [0.25, 0.3) is 15.0 Å². The van der Waals surface area contributed by atoms with Crippen LogP contribution in [0.3, 0.4) is 0 Å². The van der Waals surface area contributed by atoms with Crippen LogP contribution in [0, 0.1) is 0 Å². The van der Waals surface area contributed by atoms with E-state index < -0.39 is 0 Å². The maximum atomic E-state index is 11.4. The highest BCUT2D eigenvalue weighted by atomic mass is 32.2. The van der Waals surface area contributed by atoms with Crippen LogP contribution >= 0.6 is 10.5 Å². The Hall–Kier alpha value is -2.26. The van der Waals surface area contributed by atoms with Crippen LogP contribution in [0.2, 0.25) is 0 Å². The van der Waals surface area contributed by atoms with E-state index in [4.69, 9.17) is 0 Å². The molecule has 1 aromatic heterocycles. The summed E-state index contributed by atoms with van der Waals surface area (Å²) >= 11 is 0. The Balaban J connectivity index is 2.08. The number of hydrogen-bond donors (Lipinski definition) is 0. The maximum absolute atomic E-state index is 11.4. The van der Waals surface area contributed by atoms with Gasteiger partial charge >= 0.3 is 0 Å². The molecule has 3 heteroatoms. The fraction of sp³-hybridized carbons (Fsp3) is 0.111. The van der Waals surface area contributed by atoms with Gasteiger partial charge in [0.15, 0.2) is 21.2 Å². The number of hydrogen-bond acceptors (Lipinski definition) is 2. The van der Waals surface area contributed by atoms with Gasteiger partial charge in [0, 0.05) is 33.0 Å². The van der Waals surface area contributed by atoms with E-state index in [1.165, 1.54) is 9.60 Å². The molecule has 0 saturated carbocycles. The third-order valence-corrected chi connectivity index (χ3v) is 5.59. The molecule has 0 N–H and O–H groups in total. The lowest BCUT2D eigenvalue weighted by molar-refractivity contribution is 0.100. The predicted octanol–water partition coefficient (Wildman–Crippen LogP) is 4.98. The first-order valence-electron chi connectivity index (χ1n) is 6.73. The summed E-state index contributed by atoms with van der Waals surface area (Å²) in [6.45, 7) is 3.16. The Labute approximate surface area is 126 Å². The smallest absolute Gasteiger partial charge is 0.186 e. The van der Waals surface area contributed by atoms with Crippen LogP contribution in [-0.2, 0) is 0 Å². The van der Waals surface area contributed by atoms with E-state index in [9.17, 15) is 9.59 Å². The van der Waals surface area contributed by atoms with Gasteiger partial charge in [-0.25, -0.2) is 0 Å². The second-order valence-corrected chi connectivity index (χ2v) is 6.89. The van der Waals surface area contributed by atoms with E-state index in [1.54, 1.807) is 13.8 Å². The number of thiophene rings is 1. The zero-order valence-corrected chi connectivity index (χ0v) is 12.7. The van der Waals surface area contributed by atoms with Crippen molar-refractivity contribution in [2.75, 3.05) is 0 Å². The standard InChI is InChI=1S/C18H15O2S/c1-12(19)14-3-6-17(7-4-14)21-10-9-16-11-15(13(2)20)5-8-18(16)21/h3-11H,1-2H3/q+1. The van der Waals surface area contributed by atoms with E-state index in [1.807, 2.05) is 42.5 Å². The zero-order chi connectivity index (χ0) is 15.0. The largest absolute Gasteiger partial charge is 0.295 e. The first kappa shape index (κ1) is 13.7. The second-order valence-electron chi connectivity index (χ2n) is 5.03. The molecule has 104 valence electrons. The number of fused-ring (bicyclic) bond motifs is 1. The lowest BCUT2D eigenvalue weighted by Crippen LogP contribution is -1.90. The lowest BCUT2D eigenvalue weighted by atomic mass is 10.1. The average Bonchev–Trinajstić information content (AvgIpc) is 2.90. The van der Waals surface area contributed by atoms with E-state index in [2.05, 4.69) is 11.4 Å². The quantitative estimate of drug-likeness (QED) is 0.504. The van der Waals surface area contributed by atoms with Gasteiger partial charge in [0.2, 0.25) is 0 Å². The van der Waals surface area contributed by atoms with Crippen molar-refractivity contribution < 1.29 is 9.59 Å². The Morgan fingerprint density at radius 2 is 1.43 bits per heavy atom. The van der Waals surface area contributed by atoms with Crippen molar-refractivity contribution in [1.29, 1.82) is 0 Å². The van der Waals surface area contributed by atoms with Gasteiger partial charge in [-0.05, 0) is 56.3 Å². The molecular formula is C18H15O2S+. The molecule has 0 aliphatic carbocycles. The molecule has 2 aromatic carbocycles. The predicted molar refractivity (Wildman–Crippen MR) is 87.8 cm³/mol. The van der Waals surface area contributed by atoms with Gasteiger partial charge in [0.05, 0.1) is 0 Å². The molecule has 0 fully saturated rings. The van der Waals surface area contributed by atoms with Crippen molar-refractivity contribution in [1.82, 2.24) is 0 Å². The van der Waals surface area contributed by atoms with Crippen LogP contribution in [0.1, 0.15) is 34.6 Å². The fourth-order valence-electron chi connectivity index (χ4n) is 2.35. The SMILES string of the molecule is CC(=O)c1ccc(-[s+]2ccc3cc(C(C)=O)ccc32)cc1. The number of carbonyl (C=O) groups excluding carboxylic acids is 2. The topological polar surface area (TPSA) is 34.1 Å². The molecule has 3 aromatic rings. The molecule has 0 spiro atoms. The highest BCUT2D eigenvalue weighted by Gasteiger charge is 2.16. The first-order valence-corrected chi connectivity index (χ1v) is 8.02. The van der Waals surface area contributed by atoms with Gasteiger partial charge in [-0.1, -0.05) is 0 Å². The summed E-state index contributed by atoms with van der Waals surface area (Å²) in [7, 11) is -0.112. The molecule has 0 amide bonds. The number of ketones is 2. The van der Waals surface area contributed by atoms with Crippen molar-refractivity contribution in [3.8, 4) is 4.90 Å². The summed E-state index contributed by atoms with van der Waals surface area (Å²) in [4.78, 5) is 24.0. The lowest BCUT2D eigenvalue weighted by Gasteiger charge is -1.96. The van der Waals surface area contributed by atoms with Crippen molar-refractivity contribution >= 4 is 32.1 Å². The molecule has 0 bridgehead atoms. The molecule has 0 aliphatic rings. The number of carbonyl (C=O) groups is 2. The summed E-state index contributed by atoms with van der Waals surface area (Å²) in [6.07, 6.45) is 0. The molecule has 0 saturated heterocycles. The zero-order valence-electron chi connectivity index (χ0n) is 11.9. The van der Waals surface area contributed by atoms with E-state index in [0.29, 0.717) is 0 Å². The second kappa shape index (κ2) is 5.26. The number of rotatable bonds is 3. The normalized spacial score (nSPS) is 11.6. The number of Topliss-reactive ketones (excluding diaryl/α,β-unsaturated/α-hetero) is 2. The Morgan fingerprint density at radius 3 is 2.05 bits per heavy atom. The Bertz CT molecular complexity index is 841. The fourth-order valence-corrected chi connectivity index (χ4v) is 4.22. The summed E-state index contributed by atoms with van der Waals surface area (Å²) in [5.74, 6) is 0.169. The summed E-state index contributed by atoms with van der Waals surface area (Å²) in [5, 5.41) is 3.28. The van der Waals surface area contributed by atoms with Gasteiger partial charge in [-0.3, -0.25) is 9.59 Å². The molecular weight excluding hydrogens is 280 g/mol. The van der Waals surface area contributed by atoms with Gasteiger partial charge < -0.3 is 0 Å². The Kier molecular flexibility index (Phi) is 3.43. The van der Waals surface area contributed by atoms with Crippen molar-refractivity contribution in [2.24, 2.45) is 0 Å². The monoisotopic (exact) mass is 295 g/mol. The molecule has 2 nitrogen and oxygen atoms in total. The molecule has 0 radical (unpaired) electrons. The molecule has 3 rings (SSSR count). The molecule has 1 unspecified atom stereocenters. The summed E-state index contributed by atoms with van der Waals surface area (Å²) in [6, 6.07) is 15.7. The molecule has 1 heterocycles. The van der Waals surface area contributed by atoms with Crippen LogP contribution in [0.4, 0.5) is 0 Å². The average molecular weight is 295 g/mol. The highest BCUT2D eigenvalue weighted by molar-refractivity contribution is 7.43. The van der Waals surface area contributed by atoms with Gasteiger partial charge in [0.25, 0.3) is 0 Å². The van der Waals surface area contributed by atoms with Gasteiger partial charge in [0.1, 0.15) is 5.38 Å². The van der Waals surface area contributed by atoms with E-state index >= 15 is 0 Å². The third-order valence-electron chi connectivity index (χ3n) is 3.55. The van der Waals surface area contributed by atoms with Gasteiger partial charge in [-0.2, -0.15) is 0 Å². The molecule has 1 atom stereocenters. The molecule has 0 aliphatic heterocycles. The van der Waals surface area contributed by atoms with Crippen molar-refractivity contribution in [3.05, 3.63) is 65.0 Å². The van der Waals surface area contributed by atoms with Crippen molar-refractivity contribution in [2.45, 2.75) is 13.8 Å². The number of benzene rings is 2. The third kappa shape index (κ3) is 2.52.